The smallest absolute Gasteiger partial charge is 0.322 e. The van der Waals surface area contributed by atoms with Gasteiger partial charge in [-0.15, -0.1) is 0 Å². The maximum absolute atomic E-state index is 15.0. The zero-order chi connectivity index (χ0) is 27.1. The molecule has 2 N–H and O–H groups in total. The number of nitrogens with zero attached hydrogens (tertiary/aromatic N) is 3. The first-order valence-corrected chi connectivity index (χ1v) is 11.9. The summed E-state index contributed by atoms with van der Waals surface area (Å²) in [6.45, 7) is 0. The van der Waals surface area contributed by atoms with Crippen LogP contribution < -0.4 is 15.6 Å². The summed E-state index contributed by atoms with van der Waals surface area (Å²) in [7, 11) is 0. The highest BCUT2D eigenvalue weighted by Gasteiger charge is 2.44. The van der Waals surface area contributed by atoms with Gasteiger partial charge in [-0.25, -0.2) is 36.8 Å². The van der Waals surface area contributed by atoms with Crippen molar-refractivity contribution in [1.29, 1.82) is 0 Å². The van der Waals surface area contributed by atoms with E-state index in [0.29, 0.717) is 25.0 Å². The molecule has 3 aromatic rings. The van der Waals surface area contributed by atoms with Gasteiger partial charge >= 0.3 is 6.03 Å². The first-order chi connectivity index (χ1) is 18.1. The van der Waals surface area contributed by atoms with Gasteiger partial charge in [-0.2, -0.15) is 5.10 Å². The molecule has 1 unspecified atom stereocenters. The van der Waals surface area contributed by atoms with E-state index < -0.39 is 36.7 Å². The van der Waals surface area contributed by atoms with Gasteiger partial charge in [0, 0.05) is 35.5 Å². The van der Waals surface area contributed by atoms with Crippen LogP contribution >= 0.6 is 11.6 Å². The summed E-state index contributed by atoms with van der Waals surface area (Å²) in [5.41, 5.74) is 1.33. The molecule has 0 aliphatic carbocycles. The normalized spacial score (nSPS) is 18.3. The Morgan fingerprint density at radius 1 is 1.16 bits per heavy atom. The Bertz CT molecular complexity index is 1410. The molecule has 14 heteroatoms. The number of carbonyl (C=O) groups is 1. The van der Waals surface area contributed by atoms with E-state index >= 15 is 4.39 Å². The van der Waals surface area contributed by atoms with Gasteiger partial charge in [0.05, 0.1) is 22.4 Å². The number of aromatic amines is 1. The van der Waals surface area contributed by atoms with Crippen LogP contribution in [0.1, 0.15) is 30.1 Å². The number of hydrogen-bond donors (Lipinski definition) is 2. The number of benzene rings is 1. The first-order valence-electron chi connectivity index (χ1n) is 11.5. The molecule has 0 saturated carbocycles. The van der Waals surface area contributed by atoms with Crippen LogP contribution in [0.15, 0.2) is 41.3 Å². The lowest BCUT2D eigenvalue weighted by molar-refractivity contribution is -0.0781. The van der Waals surface area contributed by atoms with Crippen molar-refractivity contribution in [2.24, 2.45) is 0 Å². The Hall–Kier alpha value is -3.74. The predicted octanol–water partition coefficient (Wildman–Crippen LogP) is 5.20. The van der Waals surface area contributed by atoms with Crippen LogP contribution in [0.3, 0.4) is 0 Å². The van der Waals surface area contributed by atoms with Crippen molar-refractivity contribution in [3.05, 3.63) is 69.0 Å². The number of ether oxygens (including phenoxy) is 1. The molecule has 2 aliphatic rings. The zero-order valence-corrected chi connectivity index (χ0v) is 20.1. The third-order valence-corrected chi connectivity index (χ3v) is 6.84. The van der Waals surface area contributed by atoms with E-state index in [0.717, 1.165) is 23.9 Å². The van der Waals surface area contributed by atoms with E-state index in [1.807, 2.05) is 0 Å². The average Bonchev–Trinajstić information content (AvgIpc) is 3.19. The molecule has 8 nitrogen and oxygen atoms in total. The number of anilines is 1. The maximum atomic E-state index is 15.0. The number of hydrogen-bond acceptors (Lipinski definition) is 5. The van der Waals surface area contributed by atoms with Crippen molar-refractivity contribution in [3.8, 4) is 17.0 Å². The van der Waals surface area contributed by atoms with Crippen LogP contribution in [0.25, 0.3) is 11.1 Å². The summed E-state index contributed by atoms with van der Waals surface area (Å²) >= 11 is 6.33. The molecule has 1 aromatic carbocycles. The van der Waals surface area contributed by atoms with Crippen LogP contribution in [0.5, 0.6) is 5.88 Å². The van der Waals surface area contributed by atoms with Gasteiger partial charge in [-0.05, 0) is 43.0 Å². The SMILES string of the molecule is O=C(Nc1cc(Cl)c(-c2ccc(OC(C(F)F)C(F)F)nc2)cc1F)N1C2CC[C@@H]1c1n[nH]c(=O)cc1C2. The minimum absolute atomic E-state index is 0.0430. The van der Waals surface area contributed by atoms with Crippen molar-refractivity contribution in [2.75, 3.05) is 5.32 Å². The molecule has 1 saturated heterocycles. The number of fused-ring (bicyclic) bond motifs is 4. The summed E-state index contributed by atoms with van der Waals surface area (Å²) in [5.74, 6) is -1.27. The number of carbonyl (C=O) groups excluding carboxylic acids is 1. The Labute approximate surface area is 216 Å². The van der Waals surface area contributed by atoms with Crippen molar-refractivity contribution in [1.82, 2.24) is 20.1 Å². The van der Waals surface area contributed by atoms with Crippen LogP contribution in [0.2, 0.25) is 5.02 Å². The fraction of sp³-hybridized carbons (Fsp3) is 0.333. The van der Waals surface area contributed by atoms with E-state index in [4.69, 9.17) is 11.6 Å². The molecule has 200 valence electrons. The third-order valence-electron chi connectivity index (χ3n) is 6.53. The fourth-order valence-electron chi connectivity index (χ4n) is 4.82. The van der Waals surface area contributed by atoms with Crippen LogP contribution in [0.4, 0.5) is 32.4 Å². The number of aromatic nitrogens is 3. The van der Waals surface area contributed by atoms with Gasteiger partial charge in [-0.3, -0.25) is 4.79 Å². The number of pyridine rings is 1. The minimum atomic E-state index is -3.42. The van der Waals surface area contributed by atoms with Crippen molar-refractivity contribution in [3.63, 3.8) is 0 Å². The van der Waals surface area contributed by atoms with Gasteiger partial charge < -0.3 is 15.0 Å². The lowest BCUT2D eigenvalue weighted by Crippen LogP contribution is -2.45. The van der Waals surface area contributed by atoms with Gasteiger partial charge in [0.1, 0.15) is 5.82 Å². The predicted molar refractivity (Wildman–Crippen MR) is 126 cm³/mol. The highest BCUT2D eigenvalue weighted by atomic mass is 35.5. The second-order valence-corrected chi connectivity index (χ2v) is 9.29. The molecule has 2 amide bonds. The van der Waals surface area contributed by atoms with Gasteiger partial charge in [-0.1, -0.05) is 11.6 Å². The van der Waals surface area contributed by atoms with E-state index in [1.54, 1.807) is 4.90 Å². The topological polar surface area (TPSA) is 100 Å². The molecule has 38 heavy (non-hydrogen) atoms. The molecule has 2 bridgehead atoms. The largest absolute Gasteiger partial charge is 0.462 e. The van der Waals surface area contributed by atoms with Crippen molar-refractivity contribution >= 4 is 23.3 Å². The molecule has 1 fully saturated rings. The van der Waals surface area contributed by atoms with Crippen LogP contribution in [-0.4, -0.2) is 51.1 Å². The Morgan fingerprint density at radius 3 is 2.61 bits per heavy atom. The monoisotopic (exact) mass is 555 g/mol. The molecule has 5 rings (SSSR count). The lowest BCUT2D eigenvalue weighted by atomic mass is 9.99. The Kier molecular flexibility index (Phi) is 6.95. The number of amides is 2. The molecule has 2 aliphatic heterocycles. The zero-order valence-electron chi connectivity index (χ0n) is 19.3. The summed E-state index contributed by atoms with van der Waals surface area (Å²) in [6.07, 6.45) is -6.56. The first kappa shape index (κ1) is 25.9. The standard InChI is InChI=1S/C24H19ClF5N5O3/c25-14-8-16(32-24(37)35-12-2-3-17(35)20-11(5-12)6-18(36)33-34-20)15(26)7-13(14)10-1-4-19(31-9-10)38-21(22(27)28)23(29)30/h1,4,6-9,12,17,21-23H,2-3,5H2,(H,32,37)(H,33,36)/t12?,17-/m1/s1. The number of urea groups is 1. The Balaban J connectivity index is 1.32. The Morgan fingerprint density at radius 2 is 1.92 bits per heavy atom. The molecule has 2 aromatic heterocycles. The average molecular weight is 556 g/mol. The number of nitrogens with one attached hydrogen (secondary N) is 2. The van der Waals surface area contributed by atoms with Crippen molar-refractivity contribution < 1.29 is 31.5 Å². The van der Waals surface area contributed by atoms with Crippen molar-refractivity contribution in [2.45, 2.75) is 50.3 Å². The fourth-order valence-corrected chi connectivity index (χ4v) is 5.09. The third kappa shape index (κ3) is 4.89. The number of rotatable bonds is 6. The summed E-state index contributed by atoms with van der Waals surface area (Å²) < 4.78 is 70.4. The number of alkyl halides is 4. The molecule has 4 heterocycles. The number of H-pyrrole nitrogens is 1. The number of halogens is 6. The molecule has 0 spiro atoms. The lowest BCUT2D eigenvalue weighted by Gasteiger charge is -2.35. The van der Waals surface area contributed by atoms with Gasteiger partial charge in [0.15, 0.2) is 0 Å². The second-order valence-electron chi connectivity index (χ2n) is 8.88. The minimum Gasteiger partial charge on any atom is -0.462 e. The summed E-state index contributed by atoms with van der Waals surface area (Å²) in [5, 5.41) is 9.09. The molecular formula is C24H19ClF5N5O3. The van der Waals surface area contributed by atoms with Crippen LogP contribution in [-0.2, 0) is 6.42 Å². The second kappa shape index (κ2) is 10.2. The van der Waals surface area contributed by atoms with E-state index in [-0.39, 0.29) is 39.5 Å². The highest BCUT2D eigenvalue weighted by Crippen LogP contribution is 2.43. The van der Waals surface area contributed by atoms with Crippen LogP contribution in [0, 0.1) is 5.82 Å². The van der Waals surface area contributed by atoms with Gasteiger partial charge in [0.25, 0.3) is 18.4 Å². The highest BCUT2D eigenvalue weighted by molar-refractivity contribution is 6.33. The summed E-state index contributed by atoms with van der Waals surface area (Å²) in [6, 6.07) is 5.06. The van der Waals surface area contributed by atoms with Gasteiger partial charge in [0.2, 0.25) is 12.0 Å². The van der Waals surface area contributed by atoms with E-state index in [1.165, 1.54) is 18.2 Å². The molecule has 2 atom stereocenters. The quantitative estimate of drug-likeness (QED) is 0.408. The molecule has 0 radical (unpaired) electrons. The van der Waals surface area contributed by atoms with E-state index in [2.05, 4.69) is 25.2 Å². The maximum Gasteiger partial charge on any atom is 0.322 e. The molecular weight excluding hydrogens is 537 g/mol. The van der Waals surface area contributed by atoms with E-state index in [9.17, 15) is 27.2 Å². The summed E-state index contributed by atoms with van der Waals surface area (Å²) in [4.78, 5) is 30.1.